The molecule has 2 aliphatic rings. The first-order valence-corrected chi connectivity index (χ1v) is 8.24. The third-order valence-corrected chi connectivity index (χ3v) is 4.66. The predicted molar refractivity (Wildman–Crippen MR) is 103 cm³/mol. The number of anilines is 1. The first-order chi connectivity index (χ1) is 11.2. The summed E-state index contributed by atoms with van der Waals surface area (Å²) in [6.07, 6.45) is 1.42. The van der Waals surface area contributed by atoms with Gasteiger partial charge in [0.1, 0.15) is 11.9 Å². The molecule has 0 saturated carbocycles. The monoisotopic (exact) mass is 391 g/mol. The molecule has 2 saturated heterocycles. The lowest BCUT2D eigenvalue weighted by Gasteiger charge is -2.37. The van der Waals surface area contributed by atoms with Gasteiger partial charge in [0.15, 0.2) is 0 Å². The van der Waals surface area contributed by atoms with Gasteiger partial charge < -0.3 is 25.0 Å². The Labute approximate surface area is 161 Å². The fraction of sp³-hybridized carbons (Fsp3) is 0.588. The van der Waals surface area contributed by atoms with Gasteiger partial charge in [-0.2, -0.15) is 0 Å². The van der Waals surface area contributed by atoms with Crippen molar-refractivity contribution in [2.24, 2.45) is 5.73 Å². The van der Waals surface area contributed by atoms with Gasteiger partial charge in [0, 0.05) is 44.5 Å². The molecular weight excluding hydrogens is 365 g/mol. The molecule has 0 aromatic heterocycles. The number of rotatable bonds is 4. The molecule has 2 atom stereocenters. The number of benzene rings is 1. The third kappa shape index (κ3) is 5.14. The van der Waals surface area contributed by atoms with E-state index in [9.17, 15) is 4.79 Å². The molecule has 2 fully saturated rings. The van der Waals surface area contributed by atoms with E-state index in [1.165, 1.54) is 0 Å². The Morgan fingerprint density at radius 3 is 2.56 bits per heavy atom. The minimum absolute atomic E-state index is 0. The van der Waals surface area contributed by atoms with Gasteiger partial charge in [0.25, 0.3) is 5.91 Å². The molecule has 1 aromatic rings. The van der Waals surface area contributed by atoms with Crippen molar-refractivity contribution in [1.82, 2.24) is 4.90 Å². The molecule has 142 valence electrons. The summed E-state index contributed by atoms with van der Waals surface area (Å²) in [6.45, 7) is 3.59. The lowest BCUT2D eigenvalue weighted by molar-refractivity contribution is -0.143. The SMILES string of the molecule is COc1cccc(N2CCN(C(=O)[C@@H]3CC[C@H](CN)O3)CC2)c1.Cl.Cl. The van der Waals surface area contributed by atoms with Crippen LogP contribution in [0.5, 0.6) is 5.75 Å². The summed E-state index contributed by atoms with van der Waals surface area (Å²) in [5, 5.41) is 0. The summed E-state index contributed by atoms with van der Waals surface area (Å²) in [5.74, 6) is 0.972. The molecule has 2 aliphatic heterocycles. The van der Waals surface area contributed by atoms with Crippen molar-refractivity contribution in [3.63, 3.8) is 0 Å². The average Bonchev–Trinajstić information content (AvgIpc) is 3.10. The zero-order valence-electron chi connectivity index (χ0n) is 14.4. The van der Waals surface area contributed by atoms with Crippen LogP contribution in [0.3, 0.4) is 0 Å². The van der Waals surface area contributed by atoms with Gasteiger partial charge in [-0.25, -0.2) is 0 Å². The molecule has 1 aromatic carbocycles. The van der Waals surface area contributed by atoms with E-state index in [1.54, 1.807) is 7.11 Å². The molecular formula is C17H27Cl2N3O3. The summed E-state index contributed by atoms with van der Waals surface area (Å²) >= 11 is 0. The fourth-order valence-corrected chi connectivity index (χ4v) is 3.26. The molecule has 0 aliphatic carbocycles. The number of hydrogen-bond donors (Lipinski definition) is 1. The Hall–Kier alpha value is -1.21. The van der Waals surface area contributed by atoms with Crippen molar-refractivity contribution >= 4 is 36.4 Å². The molecule has 25 heavy (non-hydrogen) atoms. The van der Waals surface area contributed by atoms with E-state index < -0.39 is 0 Å². The van der Waals surface area contributed by atoms with Crippen molar-refractivity contribution in [2.45, 2.75) is 25.0 Å². The van der Waals surface area contributed by atoms with Crippen LogP contribution in [-0.2, 0) is 9.53 Å². The van der Waals surface area contributed by atoms with Gasteiger partial charge in [0.2, 0.25) is 0 Å². The van der Waals surface area contributed by atoms with Crippen LogP contribution in [0.15, 0.2) is 24.3 Å². The van der Waals surface area contributed by atoms with Crippen LogP contribution >= 0.6 is 24.8 Å². The number of methoxy groups -OCH3 is 1. The van der Waals surface area contributed by atoms with Gasteiger partial charge in [-0.3, -0.25) is 4.79 Å². The average molecular weight is 392 g/mol. The molecule has 3 rings (SSSR count). The number of nitrogens with zero attached hydrogens (tertiary/aromatic N) is 2. The second-order valence-corrected chi connectivity index (χ2v) is 6.07. The van der Waals surface area contributed by atoms with E-state index in [0.717, 1.165) is 50.5 Å². The number of ether oxygens (including phenoxy) is 2. The van der Waals surface area contributed by atoms with Crippen molar-refractivity contribution in [3.8, 4) is 5.75 Å². The maximum absolute atomic E-state index is 12.5. The van der Waals surface area contributed by atoms with E-state index >= 15 is 0 Å². The van der Waals surface area contributed by atoms with Crippen LogP contribution < -0.4 is 15.4 Å². The highest BCUT2D eigenvalue weighted by Crippen LogP contribution is 2.24. The zero-order chi connectivity index (χ0) is 16.2. The maximum atomic E-state index is 12.5. The number of halogens is 2. The van der Waals surface area contributed by atoms with Crippen molar-refractivity contribution < 1.29 is 14.3 Å². The summed E-state index contributed by atoms with van der Waals surface area (Å²) in [6, 6.07) is 8.04. The first kappa shape index (κ1) is 21.8. The van der Waals surface area contributed by atoms with Crippen LogP contribution in [0.4, 0.5) is 5.69 Å². The quantitative estimate of drug-likeness (QED) is 0.845. The van der Waals surface area contributed by atoms with Gasteiger partial charge in [-0.05, 0) is 25.0 Å². The Kier molecular flexibility index (Phi) is 8.79. The van der Waals surface area contributed by atoms with Gasteiger partial charge in [-0.15, -0.1) is 24.8 Å². The van der Waals surface area contributed by atoms with Crippen molar-refractivity contribution in [2.75, 3.05) is 44.7 Å². The molecule has 0 radical (unpaired) electrons. The van der Waals surface area contributed by atoms with E-state index in [-0.39, 0.29) is 42.9 Å². The summed E-state index contributed by atoms with van der Waals surface area (Å²) in [5.41, 5.74) is 6.75. The normalized spacial score (nSPS) is 22.8. The highest BCUT2D eigenvalue weighted by atomic mass is 35.5. The lowest BCUT2D eigenvalue weighted by Crippen LogP contribution is -2.51. The minimum Gasteiger partial charge on any atom is -0.497 e. The third-order valence-electron chi connectivity index (χ3n) is 4.66. The number of nitrogens with two attached hydrogens (primary N) is 1. The molecule has 0 bridgehead atoms. The zero-order valence-corrected chi connectivity index (χ0v) is 16.1. The van der Waals surface area contributed by atoms with Crippen molar-refractivity contribution in [1.29, 1.82) is 0 Å². The number of amides is 1. The standard InChI is InChI=1S/C17H25N3O3.2ClH/c1-22-14-4-2-3-13(11-14)19-7-9-20(10-8-19)17(21)16-6-5-15(12-18)23-16;;/h2-4,11,15-16H,5-10,12,18H2,1H3;2*1H/t15-,16+;;/m1../s1. The second kappa shape index (κ2) is 10.1. The van der Waals surface area contributed by atoms with Crippen LogP contribution in [0, 0.1) is 0 Å². The second-order valence-electron chi connectivity index (χ2n) is 6.07. The van der Waals surface area contributed by atoms with E-state index in [4.69, 9.17) is 15.2 Å². The number of carbonyl (C=O) groups excluding carboxylic acids is 1. The number of piperazine rings is 1. The largest absolute Gasteiger partial charge is 0.497 e. The van der Waals surface area contributed by atoms with Crippen molar-refractivity contribution in [3.05, 3.63) is 24.3 Å². The first-order valence-electron chi connectivity index (χ1n) is 8.24. The molecule has 1 amide bonds. The Morgan fingerprint density at radius 2 is 1.96 bits per heavy atom. The van der Waals surface area contributed by atoms with E-state index in [2.05, 4.69) is 11.0 Å². The molecule has 8 heteroatoms. The van der Waals surface area contributed by atoms with E-state index in [0.29, 0.717) is 6.54 Å². The van der Waals surface area contributed by atoms with Gasteiger partial charge >= 0.3 is 0 Å². The van der Waals surface area contributed by atoms with E-state index in [1.807, 2.05) is 23.1 Å². The Bertz CT molecular complexity index is 554. The minimum atomic E-state index is -0.299. The predicted octanol–water partition coefficient (Wildman–Crippen LogP) is 1.69. The molecule has 2 N–H and O–H groups in total. The summed E-state index contributed by atoms with van der Waals surface area (Å²) in [4.78, 5) is 16.7. The van der Waals surface area contributed by atoms with Crippen LogP contribution in [-0.4, -0.2) is 62.8 Å². The Morgan fingerprint density at radius 1 is 1.24 bits per heavy atom. The van der Waals surface area contributed by atoms with Gasteiger partial charge in [0.05, 0.1) is 13.2 Å². The molecule has 2 heterocycles. The highest BCUT2D eigenvalue weighted by molar-refractivity contribution is 5.85. The number of hydrogen-bond acceptors (Lipinski definition) is 5. The van der Waals surface area contributed by atoms with Crippen LogP contribution in [0.1, 0.15) is 12.8 Å². The van der Waals surface area contributed by atoms with Gasteiger partial charge in [-0.1, -0.05) is 6.07 Å². The fourth-order valence-electron chi connectivity index (χ4n) is 3.26. The van der Waals surface area contributed by atoms with Crippen LogP contribution in [0.25, 0.3) is 0 Å². The number of carbonyl (C=O) groups is 1. The highest BCUT2D eigenvalue weighted by Gasteiger charge is 2.34. The molecule has 6 nitrogen and oxygen atoms in total. The summed E-state index contributed by atoms with van der Waals surface area (Å²) in [7, 11) is 1.67. The molecule has 0 unspecified atom stereocenters. The molecule has 0 spiro atoms. The topological polar surface area (TPSA) is 68.0 Å². The van der Waals surface area contributed by atoms with Crippen LogP contribution in [0.2, 0.25) is 0 Å². The smallest absolute Gasteiger partial charge is 0.251 e. The Balaban J connectivity index is 0.00000156. The summed E-state index contributed by atoms with van der Waals surface area (Å²) < 4.78 is 11.0. The maximum Gasteiger partial charge on any atom is 0.251 e. The lowest BCUT2D eigenvalue weighted by atomic mass is 10.1.